The standard InChI is InChI=1S/C9H16F4N2/c10-8(11)9(12,13)6-14-5-3-7-2-1-4-15-7/h7-8,14-15H,1-6H2. The number of hydrogen-bond acceptors (Lipinski definition) is 2. The van der Waals surface area contributed by atoms with Gasteiger partial charge < -0.3 is 10.6 Å². The van der Waals surface area contributed by atoms with Gasteiger partial charge in [0.1, 0.15) is 0 Å². The molecule has 2 nitrogen and oxygen atoms in total. The smallest absolute Gasteiger partial charge is 0.314 e. The average Bonchev–Trinajstić information content (AvgIpc) is 2.64. The van der Waals surface area contributed by atoms with E-state index in [0.29, 0.717) is 19.0 Å². The van der Waals surface area contributed by atoms with E-state index >= 15 is 0 Å². The summed E-state index contributed by atoms with van der Waals surface area (Å²) in [5, 5.41) is 5.57. The molecule has 0 radical (unpaired) electrons. The lowest BCUT2D eigenvalue weighted by Gasteiger charge is -2.16. The van der Waals surface area contributed by atoms with Crippen molar-refractivity contribution in [1.29, 1.82) is 0 Å². The second-order valence-corrected chi connectivity index (χ2v) is 3.82. The fourth-order valence-corrected chi connectivity index (χ4v) is 1.61. The van der Waals surface area contributed by atoms with Crippen LogP contribution in [-0.4, -0.2) is 38.0 Å². The van der Waals surface area contributed by atoms with Gasteiger partial charge in [-0.3, -0.25) is 0 Å². The van der Waals surface area contributed by atoms with Crippen molar-refractivity contribution in [3.63, 3.8) is 0 Å². The molecule has 1 unspecified atom stereocenters. The first-order chi connectivity index (χ1) is 7.02. The third-order valence-corrected chi connectivity index (χ3v) is 2.51. The van der Waals surface area contributed by atoms with E-state index in [-0.39, 0.29) is 0 Å². The number of nitrogens with one attached hydrogen (secondary N) is 2. The van der Waals surface area contributed by atoms with E-state index in [4.69, 9.17) is 0 Å². The van der Waals surface area contributed by atoms with E-state index in [2.05, 4.69) is 10.6 Å². The molecule has 1 fully saturated rings. The van der Waals surface area contributed by atoms with E-state index in [1.165, 1.54) is 0 Å². The van der Waals surface area contributed by atoms with E-state index < -0.39 is 18.9 Å². The van der Waals surface area contributed by atoms with Gasteiger partial charge in [-0.2, -0.15) is 8.78 Å². The summed E-state index contributed by atoms with van der Waals surface area (Å²) in [7, 11) is 0. The Morgan fingerprint density at radius 2 is 2.13 bits per heavy atom. The van der Waals surface area contributed by atoms with Crippen LogP contribution in [0, 0.1) is 0 Å². The number of hydrogen-bond donors (Lipinski definition) is 2. The van der Waals surface area contributed by atoms with Crippen molar-refractivity contribution in [2.24, 2.45) is 0 Å². The molecule has 1 rings (SSSR count). The minimum Gasteiger partial charge on any atom is -0.314 e. The fraction of sp³-hybridized carbons (Fsp3) is 1.00. The third kappa shape index (κ3) is 4.34. The molecule has 6 heteroatoms. The van der Waals surface area contributed by atoms with Gasteiger partial charge in [0.05, 0.1) is 6.54 Å². The van der Waals surface area contributed by atoms with E-state index in [1.54, 1.807) is 0 Å². The lowest BCUT2D eigenvalue weighted by Crippen LogP contribution is -2.40. The Bertz CT molecular complexity index is 181. The Hall–Kier alpha value is -0.360. The molecule has 1 atom stereocenters. The Morgan fingerprint density at radius 1 is 1.40 bits per heavy atom. The summed E-state index contributed by atoms with van der Waals surface area (Å²) in [4.78, 5) is 0. The van der Waals surface area contributed by atoms with Gasteiger partial charge in [0.15, 0.2) is 0 Å². The van der Waals surface area contributed by atoms with Gasteiger partial charge in [0.25, 0.3) is 0 Å². The van der Waals surface area contributed by atoms with Gasteiger partial charge in [0, 0.05) is 6.04 Å². The van der Waals surface area contributed by atoms with Gasteiger partial charge in [0.2, 0.25) is 0 Å². The van der Waals surface area contributed by atoms with Crippen LogP contribution in [0.2, 0.25) is 0 Å². The molecule has 0 aliphatic carbocycles. The van der Waals surface area contributed by atoms with E-state index in [0.717, 1.165) is 19.4 Å². The van der Waals surface area contributed by atoms with Crippen molar-refractivity contribution < 1.29 is 17.6 Å². The Balaban J connectivity index is 2.05. The van der Waals surface area contributed by atoms with Crippen LogP contribution >= 0.6 is 0 Å². The molecule has 0 amide bonds. The molecule has 0 aromatic heterocycles. The quantitative estimate of drug-likeness (QED) is 0.533. The molecule has 90 valence electrons. The molecule has 1 aliphatic rings. The molecule has 0 aromatic carbocycles. The highest BCUT2D eigenvalue weighted by Gasteiger charge is 2.39. The summed E-state index contributed by atoms with van der Waals surface area (Å²) in [5.74, 6) is -3.91. The molecule has 0 saturated carbocycles. The Kier molecular flexibility index (Phi) is 4.79. The van der Waals surface area contributed by atoms with Crippen LogP contribution in [0.1, 0.15) is 19.3 Å². The van der Waals surface area contributed by atoms with Crippen LogP contribution in [0.5, 0.6) is 0 Å². The maximum Gasteiger partial charge on any atom is 0.319 e. The van der Waals surface area contributed by atoms with Crippen LogP contribution in [0.4, 0.5) is 17.6 Å². The minimum atomic E-state index is -3.91. The monoisotopic (exact) mass is 228 g/mol. The van der Waals surface area contributed by atoms with E-state index in [1.807, 2.05) is 0 Å². The first-order valence-electron chi connectivity index (χ1n) is 5.12. The number of rotatable bonds is 6. The molecule has 0 aromatic rings. The van der Waals surface area contributed by atoms with Crippen molar-refractivity contribution in [3.05, 3.63) is 0 Å². The summed E-state index contributed by atoms with van der Waals surface area (Å²) in [6.45, 7) is 0.356. The van der Waals surface area contributed by atoms with Gasteiger partial charge in [-0.25, -0.2) is 8.78 Å². The first kappa shape index (κ1) is 12.7. The van der Waals surface area contributed by atoms with Crippen molar-refractivity contribution in [2.45, 2.75) is 37.7 Å². The summed E-state index contributed by atoms with van der Waals surface area (Å²) in [5.41, 5.74) is 0. The van der Waals surface area contributed by atoms with Crippen LogP contribution in [0.3, 0.4) is 0 Å². The topological polar surface area (TPSA) is 24.1 Å². The fourth-order valence-electron chi connectivity index (χ4n) is 1.61. The minimum absolute atomic E-state index is 0.345. The van der Waals surface area contributed by atoms with Crippen molar-refractivity contribution in [3.8, 4) is 0 Å². The first-order valence-corrected chi connectivity index (χ1v) is 5.12. The zero-order chi connectivity index (χ0) is 11.3. The second kappa shape index (κ2) is 5.65. The molecule has 1 heterocycles. The van der Waals surface area contributed by atoms with Crippen molar-refractivity contribution in [1.82, 2.24) is 10.6 Å². The molecular weight excluding hydrogens is 212 g/mol. The second-order valence-electron chi connectivity index (χ2n) is 3.82. The zero-order valence-electron chi connectivity index (χ0n) is 8.41. The third-order valence-electron chi connectivity index (χ3n) is 2.51. The lowest BCUT2D eigenvalue weighted by molar-refractivity contribution is -0.125. The summed E-state index contributed by atoms with van der Waals surface area (Å²) < 4.78 is 48.3. The SMILES string of the molecule is FC(F)C(F)(F)CNCCC1CCCN1. The van der Waals surface area contributed by atoms with E-state index in [9.17, 15) is 17.6 Å². The number of halogens is 4. The van der Waals surface area contributed by atoms with Crippen LogP contribution < -0.4 is 10.6 Å². The molecule has 0 spiro atoms. The normalized spacial score (nSPS) is 22.6. The zero-order valence-corrected chi connectivity index (χ0v) is 8.41. The largest absolute Gasteiger partial charge is 0.319 e. The average molecular weight is 228 g/mol. The van der Waals surface area contributed by atoms with Gasteiger partial charge in [-0.05, 0) is 32.4 Å². The Labute approximate surface area is 86.4 Å². The van der Waals surface area contributed by atoms with Gasteiger partial charge >= 0.3 is 12.3 Å². The summed E-state index contributed by atoms with van der Waals surface area (Å²) >= 11 is 0. The lowest BCUT2D eigenvalue weighted by atomic mass is 10.1. The highest BCUT2D eigenvalue weighted by Crippen LogP contribution is 2.21. The molecule has 0 bridgehead atoms. The van der Waals surface area contributed by atoms with Crippen LogP contribution in [-0.2, 0) is 0 Å². The van der Waals surface area contributed by atoms with Crippen LogP contribution in [0.15, 0.2) is 0 Å². The maximum absolute atomic E-state index is 12.4. The highest BCUT2D eigenvalue weighted by atomic mass is 19.3. The predicted molar refractivity (Wildman–Crippen MR) is 49.5 cm³/mol. The number of alkyl halides is 4. The molecule has 2 N–H and O–H groups in total. The van der Waals surface area contributed by atoms with Gasteiger partial charge in [-0.1, -0.05) is 0 Å². The molecule has 1 saturated heterocycles. The van der Waals surface area contributed by atoms with Crippen molar-refractivity contribution >= 4 is 0 Å². The summed E-state index contributed by atoms with van der Waals surface area (Å²) in [6.07, 6.45) is -0.751. The predicted octanol–water partition coefficient (Wildman–Crippen LogP) is 1.62. The molecule has 15 heavy (non-hydrogen) atoms. The van der Waals surface area contributed by atoms with Crippen LogP contribution in [0.25, 0.3) is 0 Å². The van der Waals surface area contributed by atoms with Crippen molar-refractivity contribution in [2.75, 3.05) is 19.6 Å². The maximum atomic E-state index is 12.4. The molecule has 1 aliphatic heterocycles. The van der Waals surface area contributed by atoms with Gasteiger partial charge in [-0.15, -0.1) is 0 Å². The summed E-state index contributed by atoms with van der Waals surface area (Å²) in [6, 6.07) is 0.345. The molecular formula is C9H16F4N2. The highest BCUT2D eigenvalue weighted by molar-refractivity contribution is 4.76. The Morgan fingerprint density at radius 3 is 2.67 bits per heavy atom.